The second kappa shape index (κ2) is 4.78. The molecule has 0 aromatic heterocycles. The van der Waals surface area contributed by atoms with E-state index >= 15 is 0 Å². The molecule has 1 fully saturated rings. The highest BCUT2D eigenvalue weighted by Gasteiger charge is 2.23. The maximum atomic E-state index is 13.6. The van der Waals surface area contributed by atoms with E-state index in [9.17, 15) is 8.78 Å². The van der Waals surface area contributed by atoms with E-state index in [1.807, 2.05) is 0 Å². The molecule has 16 heavy (non-hydrogen) atoms. The zero-order valence-electron chi connectivity index (χ0n) is 9.22. The molecule has 0 radical (unpaired) electrons. The van der Waals surface area contributed by atoms with Gasteiger partial charge in [-0.1, -0.05) is 0 Å². The molecule has 88 valence electrons. The Labute approximate surface area is 93.6 Å². The van der Waals surface area contributed by atoms with Crippen molar-refractivity contribution in [3.63, 3.8) is 0 Å². The van der Waals surface area contributed by atoms with E-state index in [1.165, 1.54) is 13.2 Å². The van der Waals surface area contributed by atoms with Crippen LogP contribution in [0.1, 0.15) is 23.5 Å². The van der Waals surface area contributed by atoms with E-state index in [0.29, 0.717) is 5.56 Å². The Balaban J connectivity index is 2.42. The van der Waals surface area contributed by atoms with E-state index in [4.69, 9.17) is 4.74 Å². The van der Waals surface area contributed by atoms with Crippen molar-refractivity contribution in [2.75, 3.05) is 20.2 Å². The highest BCUT2D eigenvalue weighted by Crippen LogP contribution is 2.34. The number of rotatable bonds is 3. The van der Waals surface area contributed by atoms with Crippen LogP contribution in [0.15, 0.2) is 12.1 Å². The Hall–Kier alpha value is -1.16. The number of ether oxygens (including phenoxy) is 1. The molecular weight excluding hydrogens is 212 g/mol. The van der Waals surface area contributed by atoms with E-state index in [0.717, 1.165) is 25.1 Å². The molecule has 2 nitrogen and oxygen atoms in total. The summed E-state index contributed by atoms with van der Waals surface area (Å²) in [5.74, 6) is 0.00130. The molecule has 1 N–H and O–H groups in total. The Morgan fingerprint density at radius 3 is 2.88 bits per heavy atom. The van der Waals surface area contributed by atoms with Crippen LogP contribution in [0.4, 0.5) is 8.78 Å². The Morgan fingerprint density at radius 2 is 2.31 bits per heavy atom. The normalized spacial score (nSPS) is 20.1. The molecule has 1 heterocycles. The number of hydrogen-bond donors (Lipinski definition) is 1. The third-order valence-corrected chi connectivity index (χ3v) is 2.99. The molecule has 0 saturated carbocycles. The Kier molecular flexibility index (Phi) is 3.39. The smallest absolute Gasteiger partial charge is 0.165 e. The van der Waals surface area contributed by atoms with Crippen LogP contribution in [0.25, 0.3) is 0 Å². The minimum atomic E-state index is -0.645. The minimum Gasteiger partial charge on any atom is -0.493 e. The van der Waals surface area contributed by atoms with Gasteiger partial charge in [0.15, 0.2) is 11.6 Å². The van der Waals surface area contributed by atoms with Gasteiger partial charge in [-0.3, -0.25) is 0 Å². The molecule has 1 unspecified atom stereocenters. The lowest BCUT2D eigenvalue weighted by atomic mass is 9.95. The average molecular weight is 227 g/mol. The summed E-state index contributed by atoms with van der Waals surface area (Å²) in [5, 5.41) is 3.21. The summed E-state index contributed by atoms with van der Waals surface area (Å²) in [5.41, 5.74) is 1.15. The van der Waals surface area contributed by atoms with Crippen LogP contribution in [-0.4, -0.2) is 20.2 Å². The summed E-state index contributed by atoms with van der Waals surface area (Å²) < 4.78 is 31.3. The van der Waals surface area contributed by atoms with E-state index in [2.05, 4.69) is 5.32 Å². The molecular formula is C12H15F2NO. The Bertz CT molecular complexity index is 376. The predicted octanol–water partition coefficient (Wildman–Crippen LogP) is 2.38. The molecule has 1 saturated heterocycles. The summed E-state index contributed by atoms with van der Waals surface area (Å²) in [7, 11) is 1.44. The largest absolute Gasteiger partial charge is 0.493 e. The van der Waals surface area contributed by atoms with Crippen LogP contribution in [-0.2, 0) is 6.67 Å². The summed E-state index contributed by atoms with van der Waals surface area (Å²) in [6.45, 7) is 1.06. The highest BCUT2D eigenvalue weighted by atomic mass is 19.1. The predicted molar refractivity (Wildman–Crippen MR) is 58.0 cm³/mol. The fraction of sp³-hybridized carbons (Fsp3) is 0.500. The van der Waals surface area contributed by atoms with Crippen LogP contribution < -0.4 is 10.1 Å². The van der Waals surface area contributed by atoms with Crippen molar-refractivity contribution in [1.29, 1.82) is 0 Å². The molecule has 1 aromatic carbocycles. The highest BCUT2D eigenvalue weighted by molar-refractivity contribution is 5.41. The first-order valence-corrected chi connectivity index (χ1v) is 5.39. The Morgan fingerprint density at radius 1 is 1.50 bits per heavy atom. The molecule has 1 aliphatic rings. The van der Waals surface area contributed by atoms with Crippen molar-refractivity contribution in [3.05, 3.63) is 29.1 Å². The minimum absolute atomic E-state index is 0.218. The fourth-order valence-corrected chi connectivity index (χ4v) is 2.19. The molecule has 4 heteroatoms. The first-order chi connectivity index (χ1) is 7.76. The van der Waals surface area contributed by atoms with Gasteiger partial charge in [-0.2, -0.15) is 0 Å². The number of hydrogen-bond acceptors (Lipinski definition) is 2. The van der Waals surface area contributed by atoms with Gasteiger partial charge in [0, 0.05) is 18.0 Å². The second-order valence-electron chi connectivity index (χ2n) is 4.02. The summed E-state index contributed by atoms with van der Waals surface area (Å²) >= 11 is 0. The third-order valence-electron chi connectivity index (χ3n) is 2.99. The molecule has 0 aliphatic carbocycles. The van der Waals surface area contributed by atoms with Crippen LogP contribution in [0.5, 0.6) is 5.75 Å². The average Bonchev–Trinajstić information content (AvgIpc) is 2.81. The lowest BCUT2D eigenvalue weighted by Crippen LogP contribution is -2.09. The molecule has 0 amide bonds. The van der Waals surface area contributed by atoms with Crippen molar-refractivity contribution in [3.8, 4) is 5.75 Å². The maximum absolute atomic E-state index is 13.6. The van der Waals surface area contributed by atoms with Crippen LogP contribution in [0, 0.1) is 5.82 Å². The summed E-state index contributed by atoms with van der Waals surface area (Å²) in [4.78, 5) is 0. The number of nitrogens with one attached hydrogen (secondary N) is 1. The molecule has 1 aliphatic heterocycles. The number of methoxy groups -OCH3 is 1. The van der Waals surface area contributed by atoms with E-state index in [-0.39, 0.29) is 11.7 Å². The van der Waals surface area contributed by atoms with Gasteiger partial charge >= 0.3 is 0 Å². The molecule has 1 atom stereocenters. The maximum Gasteiger partial charge on any atom is 0.165 e. The topological polar surface area (TPSA) is 21.3 Å². The van der Waals surface area contributed by atoms with E-state index in [1.54, 1.807) is 6.07 Å². The first kappa shape index (κ1) is 11.3. The number of halogens is 2. The van der Waals surface area contributed by atoms with Crippen LogP contribution >= 0.6 is 0 Å². The van der Waals surface area contributed by atoms with Gasteiger partial charge < -0.3 is 10.1 Å². The van der Waals surface area contributed by atoms with Crippen molar-refractivity contribution in [2.24, 2.45) is 0 Å². The van der Waals surface area contributed by atoms with Crippen LogP contribution in [0.2, 0.25) is 0 Å². The summed E-state index contributed by atoms with van der Waals surface area (Å²) in [6, 6.07) is 2.91. The monoisotopic (exact) mass is 227 g/mol. The standard InChI is InChI=1S/C12H15F2NO/c1-16-12-10(9-2-3-15-7-9)4-8(6-13)5-11(12)14/h4-5,9,15H,2-3,6-7H2,1H3. The van der Waals surface area contributed by atoms with Crippen molar-refractivity contribution in [2.45, 2.75) is 19.0 Å². The van der Waals surface area contributed by atoms with Crippen molar-refractivity contribution < 1.29 is 13.5 Å². The van der Waals surface area contributed by atoms with Gasteiger partial charge in [-0.15, -0.1) is 0 Å². The third kappa shape index (κ3) is 2.02. The van der Waals surface area contributed by atoms with Gasteiger partial charge in [-0.25, -0.2) is 8.78 Å². The van der Waals surface area contributed by atoms with Gasteiger partial charge in [0.05, 0.1) is 7.11 Å². The van der Waals surface area contributed by atoms with Crippen molar-refractivity contribution in [1.82, 2.24) is 5.32 Å². The molecule has 1 aromatic rings. The SMILES string of the molecule is COc1c(F)cc(CF)cc1C1CCNC1. The molecule has 0 spiro atoms. The van der Waals surface area contributed by atoms with E-state index < -0.39 is 12.5 Å². The van der Waals surface area contributed by atoms with Gasteiger partial charge in [-0.05, 0) is 30.7 Å². The quantitative estimate of drug-likeness (QED) is 0.856. The summed E-state index contributed by atoms with van der Waals surface area (Å²) in [6.07, 6.45) is 0.936. The zero-order valence-corrected chi connectivity index (χ0v) is 9.22. The number of benzene rings is 1. The molecule has 2 rings (SSSR count). The fourth-order valence-electron chi connectivity index (χ4n) is 2.19. The zero-order chi connectivity index (χ0) is 11.5. The van der Waals surface area contributed by atoms with Crippen molar-refractivity contribution >= 4 is 0 Å². The van der Waals surface area contributed by atoms with Crippen LogP contribution in [0.3, 0.4) is 0 Å². The van der Waals surface area contributed by atoms with Gasteiger partial charge in [0.25, 0.3) is 0 Å². The van der Waals surface area contributed by atoms with Gasteiger partial charge in [0.2, 0.25) is 0 Å². The lowest BCUT2D eigenvalue weighted by Gasteiger charge is -2.15. The molecule has 0 bridgehead atoms. The first-order valence-electron chi connectivity index (χ1n) is 5.39. The number of alkyl halides is 1. The van der Waals surface area contributed by atoms with Gasteiger partial charge in [0.1, 0.15) is 6.67 Å². The second-order valence-corrected chi connectivity index (χ2v) is 4.02. The lowest BCUT2D eigenvalue weighted by molar-refractivity contribution is 0.376.